The molecule has 2 N–H and O–H groups in total. The zero-order valence-electron chi connectivity index (χ0n) is 11.9. The van der Waals surface area contributed by atoms with Crippen LogP contribution in [0.5, 0.6) is 0 Å². The average Bonchev–Trinajstić information content (AvgIpc) is 2.39. The summed E-state index contributed by atoms with van der Waals surface area (Å²) in [5.74, 6) is -0.767. The van der Waals surface area contributed by atoms with E-state index in [4.69, 9.17) is 9.84 Å². The number of aliphatic carboxylic acids is 1. The highest BCUT2D eigenvalue weighted by Gasteiger charge is 2.25. The third-order valence-electron chi connectivity index (χ3n) is 3.81. The van der Waals surface area contributed by atoms with Crippen LogP contribution in [0.2, 0.25) is 0 Å². The molecule has 1 aliphatic rings. The van der Waals surface area contributed by atoms with Gasteiger partial charge in [0, 0.05) is 13.0 Å². The third-order valence-corrected chi connectivity index (χ3v) is 3.81. The second-order valence-electron chi connectivity index (χ2n) is 5.50. The topological polar surface area (TPSA) is 75.6 Å². The third kappa shape index (κ3) is 5.59. The molecule has 0 aliphatic heterocycles. The van der Waals surface area contributed by atoms with E-state index in [1.807, 2.05) is 6.92 Å². The highest BCUT2D eigenvalue weighted by molar-refractivity contribution is 5.84. The van der Waals surface area contributed by atoms with Crippen LogP contribution in [0.1, 0.15) is 45.4 Å². The van der Waals surface area contributed by atoms with Gasteiger partial charge in [0.1, 0.15) is 0 Å². The van der Waals surface area contributed by atoms with Gasteiger partial charge in [-0.3, -0.25) is 4.79 Å². The molecular weight excluding hydrogens is 246 g/mol. The van der Waals surface area contributed by atoms with Crippen molar-refractivity contribution in [1.29, 1.82) is 0 Å². The van der Waals surface area contributed by atoms with Gasteiger partial charge in [0.15, 0.2) is 6.04 Å². The van der Waals surface area contributed by atoms with Crippen LogP contribution in [-0.2, 0) is 14.3 Å². The van der Waals surface area contributed by atoms with E-state index in [0.717, 1.165) is 6.42 Å². The lowest BCUT2D eigenvalue weighted by molar-refractivity contribution is -0.144. The Morgan fingerprint density at radius 2 is 1.95 bits per heavy atom. The zero-order chi connectivity index (χ0) is 14.3. The largest absolute Gasteiger partial charge is 0.480 e. The summed E-state index contributed by atoms with van der Waals surface area (Å²) >= 11 is 0. The van der Waals surface area contributed by atoms with Gasteiger partial charge >= 0.3 is 5.97 Å². The molecule has 0 radical (unpaired) electrons. The number of carbonyl (C=O) groups excluding carboxylic acids is 1. The lowest BCUT2D eigenvalue weighted by Crippen LogP contribution is -2.46. The molecule has 0 bridgehead atoms. The summed E-state index contributed by atoms with van der Waals surface area (Å²) in [6.07, 6.45) is 7.04. The Kier molecular flexibility index (Phi) is 6.84. The Morgan fingerprint density at radius 3 is 2.47 bits per heavy atom. The Labute approximate surface area is 114 Å². The molecule has 1 fully saturated rings. The van der Waals surface area contributed by atoms with E-state index >= 15 is 0 Å². The maximum atomic E-state index is 12.0. The lowest BCUT2D eigenvalue weighted by atomic mass is 9.83. The molecule has 2 unspecified atom stereocenters. The van der Waals surface area contributed by atoms with E-state index in [0.29, 0.717) is 5.92 Å². The Bertz CT molecular complexity index is 300. The van der Waals surface area contributed by atoms with Gasteiger partial charge < -0.3 is 15.2 Å². The molecule has 1 aliphatic carbocycles. The molecule has 5 nitrogen and oxygen atoms in total. The van der Waals surface area contributed by atoms with Crippen LogP contribution < -0.4 is 5.32 Å². The van der Waals surface area contributed by atoms with Gasteiger partial charge in [0.05, 0.1) is 6.61 Å². The van der Waals surface area contributed by atoms with Crippen molar-refractivity contribution in [2.45, 2.75) is 51.5 Å². The number of hydrogen-bond acceptors (Lipinski definition) is 3. The lowest BCUT2D eigenvalue weighted by Gasteiger charge is -2.25. The van der Waals surface area contributed by atoms with Crippen molar-refractivity contribution in [2.75, 3.05) is 13.7 Å². The minimum atomic E-state index is -1.06. The fraction of sp³-hybridized carbons (Fsp3) is 0.857. The average molecular weight is 271 g/mol. The van der Waals surface area contributed by atoms with Crippen LogP contribution in [0.15, 0.2) is 0 Å². The standard InChI is InChI=1S/C14H25NO4/c1-10(8-11-6-4-3-5-7-11)13(16)15-12(9-19-2)14(17)18/h10-12H,3-9H2,1-2H3,(H,15,16)(H,17,18). The summed E-state index contributed by atoms with van der Waals surface area (Å²) in [6.45, 7) is 1.87. The smallest absolute Gasteiger partial charge is 0.328 e. The summed E-state index contributed by atoms with van der Waals surface area (Å²) in [4.78, 5) is 22.9. The predicted octanol–water partition coefficient (Wildman–Crippen LogP) is 1.81. The quantitative estimate of drug-likeness (QED) is 0.740. The van der Waals surface area contributed by atoms with Crippen molar-refractivity contribution in [3.05, 3.63) is 0 Å². The van der Waals surface area contributed by atoms with Gasteiger partial charge in [0.25, 0.3) is 0 Å². The van der Waals surface area contributed by atoms with Crippen LogP contribution in [0.25, 0.3) is 0 Å². The number of ether oxygens (including phenoxy) is 1. The molecule has 0 aromatic carbocycles. The monoisotopic (exact) mass is 271 g/mol. The van der Waals surface area contributed by atoms with Gasteiger partial charge in [-0.25, -0.2) is 4.79 Å². The molecule has 110 valence electrons. The minimum absolute atomic E-state index is 0.00276. The van der Waals surface area contributed by atoms with Crippen LogP contribution in [0.3, 0.4) is 0 Å². The van der Waals surface area contributed by atoms with Crippen LogP contribution in [0, 0.1) is 11.8 Å². The van der Waals surface area contributed by atoms with Gasteiger partial charge in [-0.1, -0.05) is 39.0 Å². The maximum Gasteiger partial charge on any atom is 0.328 e. The molecule has 5 heteroatoms. The molecule has 1 amide bonds. The van der Waals surface area contributed by atoms with Crippen molar-refractivity contribution in [3.8, 4) is 0 Å². The summed E-state index contributed by atoms with van der Waals surface area (Å²) in [5, 5.41) is 11.5. The molecule has 0 aromatic heterocycles. The minimum Gasteiger partial charge on any atom is -0.480 e. The first-order valence-electron chi connectivity index (χ1n) is 7.06. The number of amides is 1. The highest BCUT2D eigenvalue weighted by atomic mass is 16.5. The molecule has 19 heavy (non-hydrogen) atoms. The number of carboxylic acids is 1. The van der Waals surface area contributed by atoms with Crippen LogP contribution in [0.4, 0.5) is 0 Å². The van der Waals surface area contributed by atoms with Crippen molar-refractivity contribution in [1.82, 2.24) is 5.32 Å². The van der Waals surface area contributed by atoms with Crippen LogP contribution >= 0.6 is 0 Å². The first-order chi connectivity index (χ1) is 9.04. The maximum absolute atomic E-state index is 12.0. The number of hydrogen-bond donors (Lipinski definition) is 2. The van der Waals surface area contributed by atoms with Crippen LogP contribution in [-0.4, -0.2) is 36.7 Å². The van der Waals surface area contributed by atoms with E-state index in [-0.39, 0.29) is 18.4 Å². The van der Waals surface area contributed by atoms with E-state index < -0.39 is 12.0 Å². The molecular formula is C14H25NO4. The second-order valence-corrected chi connectivity index (χ2v) is 5.50. The predicted molar refractivity (Wildman–Crippen MR) is 71.8 cm³/mol. The van der Waals surface area contributed by atoms with E-state index in [1.54, 1.807) is 0 Å². The van der Waals surface area contributed by atoms with Gasteiger partial charge in [-0.15, -0.1) is 0 Å². The Hall–Kier alpha value is -1.10. The number of rotatable bonds is 7. The second kappa shape index (κ2) is 8.15. The SMILES string of the molecule is COCC(NC(=O)C(C)CC1CCCCC1)C(=O)O. The van der Waals surface area contributed by atoms with E-state index in [9.17, 15) is 9.59 Å². The highest BCUT2D eigenvalue weighted by Crippen LogP contribution is 2.29. The van der Waals surface area contributed by atoms with E-state index in [1.165, 1.54) is 39.2 Å². The summed E-state index contributed by atoms with van der Waals surface area (Å²) in [7, 11) is 1.42. The molecule has 2 atom stereocenters. The number of nitrogens with one attached hydrogen (secondary N) is 1. The molecule has 1 rings (SSSR count). The van der Waals surface area contributed by atoms with Gasteiger partial charge in [-0.05, 0) is 12.3 Å². The normalized spacial score (nSPS) is 19.7. The fourth-order valence-electron chi connectivity index (χ4n) is 2.69. The van der Waals surface area contributed by atoms with Crippen molar-refractivity contribution in [2.24, 2.45) is 11.8 Å². The number of methoxy groups -OCH3 is 1. The van der Waals surface area contributed by atoms with E-state index in [2.05, 4.69) is 5.32 Å². The Morgan fingerprint density at radius 1 is 1.32 bits per heavy atom. The first kappa shape index (κ1) is 16.0. The Balaban J connectivity index is 2.39. The van der Waals surface area contributed by atoms with Crippen molar-refractivity contribution >= 4 is 11.9 Å². The van der Waals surface area contributed by atoms with Gasteiger partial charge in [0.2, 0.25) is 5.91 Å². The number of carboxylic acid groups (broad SMARTS) is 1. The summed E-state index contributed by atoms with van der Waals surface area (Å²) < 4.78 is 4.80. The number of carbonyl (C=O) groups is 2. The van der Waals surface area contributed by atoms with Gasteiger partial charge in [-0.2, -0.15) is 0 Å². The summed E-state index contributed by atoms with van der Waals surface area (Å²) in [5.41, 5.74) is 0. The molecule has 0 spiro atoms. The van der Waals surface area contributed by atoms with Crippen molar-refractivity contribution < 1.29 is 19.4 Å². The zero-order valence-corrected chi connectivity index (χ0v) is 11.9. The molecule has 0 aromatic rings. The molecule has 1 saturated carbocycles. The molecule has 0 saturated heterocycles. The summed E-state index contributed by atoms with van der Waals surface area (Å²) in [6, 6.07) is -0.952. The van der Waals surface area contributed by atoms with Crippen molar-refractivity contribution in [3.63, 3.8) is 0 Å². The first-order valence-corrected chi connectivity index (χ1v) is 7.06. The fourth-order valence-corrected chi connectivity index (χ4v) is 2.69. The molecule has 0 heterocycles.